The summed E-state index contributed by atoms with van der Waals surface area (Å²) in [5.41, 5.74) is 2.81. The molecule has 8 heteroatoms. The lowest BCUT2D eigenvalue weighted by molar-refractivity contribution is -0.137. The smallest absolute Gasteiger partial charge is 0.322 e. The molecule has 0 spiro atoms. The van der Waals surface area contributed by atoms with Crippen molar-refractivity contribution in [1.82, 2.24) is 20.4 Å². The van der Waals surface area contributed by atoms with Crippen molar-refractivity contribution >= 4 is 17.8 Å². The molecule has 3 aliphatic rings. The average Bonchev–Trinajstić information content (AvgIpc) is 3.36. The van der Waals surface area contributed by atoms with Gasteiger partial charge in [-0.1, -0.05) is 79.9 Å². The molecule has 0 unspecified atom stereocenters. The highest BCUT2D eigenvalue weighted by molar-refractivity contribution is 6.03. The molecule has 2 heterocycles. The van der Waals surface area contributed by atoms with E-state index >= 15 is 0 Å². The van der Waals surface area contributed by atoms with Crippen LogP contribution in [0.25, 0.3) is 0 Å². The van der Waals surface area contributed by atoms with Crippen LogP contribution >= 0.6 is 0 Å². The molecule has 216 valence electrons. The quantitative estimate of drug-likeness (QED) is 0.387. The second-order valence-electron chi connectivity index (χ2n) is 11.3. The van der Waals surface area contributed by atoms with Crippen LogP contribution in [0.4, 0.5) is 4.79 Å². The van der Waals surface area contributed by atoms with Gasteiger partial charge in [0.1, 0.15) is 17.5 Å². The first-order valence-electron chi connectivity index (χ1n) is 14.7. The van der Waals surface area contributed by atoms with E-state index in [-0.39, 0.29) is 30.4 Å². The second-order valence-corrected chi connectivity index (χ2v) is 11.3. The summed E-state index contributed by atoms with van der Waals surface area (Å²) in [6.45, 7) is 0.185. The van der Waals surface area contributed by atoms with Crippen LogP contribution in [0.1, 0.15) is 49.3 Å². The molecule has 0 saturated heterocycles. The molecular formula is C34H36N4O4. The molecule has 2 atom stereocenters. The Kier molecular flexibility index (Phi) is 7.95. The van der Waals surface area contributed by atoms with Gasteiger partial charge in [-0.25, -0.2) is 4.79 Å². The highest BCUT2D eigenvalue weighted by atomic mass is 16.5. The number of ether oxygens (including phenoxy) is 1. The van der Waals surface area contributed by atoms with Gasteiger partial charge < -0.3 is 20.3 Å². The van der Waals surface area contributed by atoms with E-state index in [1.54, 1.807) is 11.9 Å². The number of rotatable bonds is 8. The van der Waals surface area contributed by atoms with Gasteiger partial charge in [0.2, 0.25) is 5.91 Å². The Labute approximate surface area is 246 Å². The highest BCUT2D eigenvalue weighted by Gasteiger charge is 2.46. The molecular weight excluding hydrogens is 528 g/mol. The number of carbonyl (C=O) groups excluding carboxylic acids is 3. The van der Waals surface area contributed by atoms with E-state index in [9.17, 15) is 14.4 Å². The zero-order chi connectivity index (χ0) is 29.1. The van der Waals surface area contributed by atoms with Crippen LogP contribution in [0.5, 0.6) is 11.5 Å². The number of benzene rings is 3. The summed E-state index contributed by atoms with van der Waals surface area (Å²) in [4.78, 5) is 44.3. The predicted molar refractivity (Wildman–Crippen MR) is 160 cm³/mol. The van der Waals surface area contributed by atoms with E-state index in [1.165, 1.54) is 11.3 Å². The maximum Gasteiger partial charge on any atom is 0.322 e. The summed E-state index contributed by atoms with van der Waals surface area (Å²) in [5, 5.41) is 6.25. The van der Waals surface area contributed by atoms with Gasteiger partial charge >= 0.3 is 6.03 Å². The standard InChI is InChI=1S/C34H36N4O4/c1-37-29-22-38(28(20-23-12-5-2-6-13-23)32(39)35-25-15-7-3-8-16-25)33(40)30(29)31(36-34(37)41)24-14-11-19-27(21-24)42-26-17-9-4-10-18-26/h2,4-6,9-14,17-19,21,25,28,31H,3,7-8,15-16,20,22H2,1H3,(H,35,39)(H,36,41)/t28-,31-/m1/s1. The van der Waals surface area contributed by atoms with Crippen LogP contribution < -0.4 is 15.4 Å². The van der Waals surface area contributed by atoms with Gasteiger partial charge in [0.25, 0.3) is 5.91 Å². The Morgan fingerprint density at radius 3 is 2.36 bits per heavy atom. The first-order chi connectivity index (χ1) is 20.5. The number of hydrogen-bond acceptors (Lipinski definition) is 4. The van der Waals surface area contributed by atoms with Crippen molar-refractivity contribution in [1.29, 1.82) is 0 Å². The Morgan fingerprint density at radius 2 is 1.62 bits per heavy atom. The zero-order valence-corrected chi connectivity index (χ0v) is 23.8. The summed E-state index contributed by atoms with van der Waals surface area (Å²) in [5.74, 6) is 0.912. The van der Waals surface area contributed by atoms with Crippen molar-refractivity contribution in [2.75, 3.05) is 13.6 Å². The minimum absolute atomic E-state index is 0.121. The number of carbonyl (C=O) groups is 3. The summed E-state index contributed by atoms with van der Waals surface area (Å²) < 4.78 is 6.04. The summed E-state index contributed by atoms with van der Waals surface area (Å²) in [7, 11) is 1.67. The van der Waals surface area contributed by atoms with Crippen LogP contribution in [0, 0.1) is 0 Å². The predicted octanol–water partition coefficient (Wildman–Crippen LogP) is 5.33. The number of likely N-dealkylation sites (N-methyl/N-ethyl adjacent to an activating group) is 1. The Hall–Kier alpha value is -4.59. The van der Waals surface area contributed by atoms with E-state index < -0.39 is 12.1 Å². The molecule has 8 nitrogen and oxygen atoms in total. The first-order valence-corrected chi connectivity index (χ1v) is 14.7. The van der Waals surface area contributed by atoms with E-state index in [1.807, 2.05) is 84.9 Å². The molecule has 42 heavy (non-hydrogen) atoms. The molecule has 6 rings (SSSR count). The normalized spacial score (nSPS) is 19.8. The number of para-hydroxylation sites is 1. The average molecular weight is 565 g/mol. The third-order valence-electron chi connectivity index (χ3n) is 8.46. The van der Waals surface area contributed by atoms with Crippen molar-refractivity contribution in [3.63, 3.8) is 0 Å². The van der Waals surface area contributed by atoms with Crippen LogP contribution in [0.15, 0.2) is 96.2 Å². The van der Waals surface area contributed by atoms with Crippen molar-refractivity contribution in [3.05, 3.63) is 107 Å². The third kappa shape index (κ3) is 5.75. The molecule has 3 aromatic rings. The minimum Gasteiger partial charge on any atom is -0.457 e. The maximum atomic E-state index is 14.3. The van der Waals surface area contributed by atoms with Crippen LogP contribution in [0.3, 0.4) is 0 Å². The van der Waals surface area contributed by atoms with Gasteiger partial charge in [-0.05, 0) is 48.2 Å². The van der Waals surface area contributed by atoms with Crippen LogP contribution in [-0.2, 0) is 16.0 Å². The van der Waals surface area contributed by atoms with E-state index in [2.05, 4.69) is 10.6 Å². The topological polar surface area (TPSA) is 91.0 Å². The first kappa shape index (κ1) is 27.6. The number of nitrogens with zero attached hydrogens (tertiary/aromatic N) is 2. The fourth-order valence-electron chi connectivity index (χ4n) is 6.20. The molecule has 4 amide bonds. The Balaban J connectivity index is 1.30. The summed E-state index contributed by atoms with van der Waals surface area (Å²) in [6, 6.07) is 25.1. The number of urea groups is 1. The Morgan fingerprint density at radius 1 is 0.929 bits per heavy atom. The third-order valence-corrected chi connectivity index (χ3v) is 8.46. The maximum absolute atomic E-state index is 14.3. The second kappa shape index (κ2) is 12.1. The van der Waals surface area contributed by atoms with E-state index in [0.29, 0.717) is 29.2 Å². The molecule has 0 radical (unpaired) electrons. The highest BCUT2D eigenvalue weighted by Crippen LogP contribution is 2.38. The van der Waals surface area contributed by atoms with Gasteiger partial charge in [-0.3, -0.25) is 14.5 Å². The summed E-state index contributed by atoms with van der Waals surface area (Å²) >= 11 is 0. The van der Waals surface area contributed by atoms with Gasteiger partial charge in [-0.15, -0.1) is 0 Å². The fraction of sp³-hybridized carbons (Fsp3) is 0.324. The fourth-order valence-corrected chi connectivity index (χ4v) is 6.20. The lowest BCUT2D eigenvalue weighted by Crippen LogP contribution is -2.52. The SMILES string of the molecule is CN1C(=O)N[C@H](c2cccc(Oc3ccccc3)c2)C2=C1CN([C@H](Cc1ccccc1)C(=O)NC1CCCCC1)C2=O. The number of nitrogens with one attached hydrogen (secondary N) is 2. The zero-order valence-electron chi connectivity index (χ0n) is 23.8. The molecule has 2 N–H and O–H groups in total. The molecule has 1 saturated carbocycles. The molecule has 0 bridgehead atoms. The van der Waals surface area contributed by atoms with E-state index in [4.69, 9.17) is 4.74 Å². The Bertz CT molecular complexity index is 1480. The summed E-state index contributed by atoms with van der Waals surface area (Å²) in [6.07, 6.45) is 5.68. The van der Waals surface area contributed by atoms with E-state index in [0.717, 1.165) is 36.8 Å². The number of hydrogen-bond donors (Lipinski definition) is 2. The van der Waals surface area contributed by atoms with Gasteiger partial charge in [0.15, 0.2) is 0 Å². The molecule has 2 aliphatic heterocycles. The van der Waals surface area contributed by atoms with Gasteiger partial charge in [0.05, 0.1) is 23.9 Å². The monoisotopic (exact) mass is 564 g/mol. The lowest BCUT2D eigenvalue weighted by Gasteiger charge is -2.31. The van der Waals surface area contributed by atoms with Crippen LogP contribution in [0.2, 0.25) is 0 Å². The van der Waals surface area contributed by atoms with Gasteiger partial charge in [-0.2, -0.15) is 0 Å². The molecule has 1 aliphatic carbocycles. The van der Waals surface area contributed by atoms with Crippen molar-refractivity contribution < 1.29 is 19.1 Å². The van der Waals surface area contributed by atoms with Gasteiger partial charge in [0, 0.05) is 19.5 Å². The molecule has 3 aromatic carbocycles. The largest absolute Gasteiger partial charge is 0.457 e. The lowest BCUT2D eigenvalue weighted by atomic mass is 9.94. The van der Waals surface area contributed by atoms with Crippen molar-refractivity contribution in [2.24, 2.45) is 0 Å². The van der Waals surface area contributed by atoms with Crippen molar-refractivity contribution in [3.8, 4) is 11.5 Å². The van der Waals surface area contributed by atoms with Crippen molar-refractivity contribution in [2.45, 2.75) is 56.7 Å². The van der Waals surface area contributed by atoms with Crippen LogP contribution in [-0.4, -0.2) is 53.3 Å². The number of amides is 4. The molecule has 0 aromatic heterocycles. The minimum atomic E-state index is -0.704. The molecule has 1 fully saturated rings.